The van der Waals surface area contributed by atoms with Gasteiger partial charge in [0.15, 0.2) is 0 Å². The Morgan fingerprint density at radius 2 is 2.11 bits per heavy atom. The number of aromatic nitrogens is 2. The molecule has 1 atom stereocenters. The molecule has 0 aliphatic heterocycles. The summed E-state index contributed by atoms with van der Waals surface area (Å²) in [6.07, 6.45) is 6.94. The van der Waals surface area contributed by atoms with Gasteiger partial charge in [-0.15, -0.1) is 0 Å². The van der Waals surface area contributed by atoms with Crippen LogP contribution in [0, 0.1) is 0 Å². The molecule has 0 aliphatic rings. The number of aliphatic hydroxyl groups is 1. The fraction of sp³-hybridized carbons (Fsp3) is 0.400. The molecule has 1 unspecified atom stereocenters. The summed E-state index contributed by atoms with van der Waals surface area (Å²) in [6.45, 7) is 3.68. The topological polar surface area (TPSA) is 50.1 Å². The maximum Gasteiger partial charge on any atom is 0.0991 e. The van der Waals surface area contributed by atoms with Gasteiger partial charge in [-0.2, -0.15) is 0 Å². The fourth-order valence-electron chi connectivity index (χ4n) is 1.90. The lowest BCUT2D eigenvalue weighted by atomic mass is 10.2. The second-order valence-electron chi connectivity index (χ2n) is 4.66. The second kappa shape index (κ2) is 7.07. The highest BCUT2D eigenvalue weighted by atomic mass is 16.3. The van der Waals surface area contributed by atoms with E-state index < -0.39 is 0 Å². The van der Waals surface area contributed by atoms with Gasteiger partial charge in [0.05, 0.1) is 12.4 Å². The Hall–Kier alpha value is -1.65. The molecule has 0 bridgehead atoms. The fourth-order valence-corrected chi connectivity index (χ4v) is 1.90. The molecule has 19 heavy (non-hydrogen) atoms. The number of hydrogen-bond donors (Lipinski definition) is 2. The first-order valence-electron chi connectivity index (χ1n) is 6.75. The molecule has 0 spiro atoms. The van der Waals surface area contributed by atoms with E-state index in [4.69, 9.17) is 0 Å². The zero-order valence-electron chi connectivity index (χ0n) is 11.3. The molecule has 1 aromatic carbocycles. The van der Waals surface area contributed by atoms with Crippen molar-refractivity contribution in [3.63, 3.8) is 0 Å². The summed E-state index contributed by atoms with van der Waals surface area (Å²) in [5.41, 5.74) is 2.36. The minimum atomic E-state index is -0.184. The van der Waals surface area contributed by atoms with Crippen LogP contribution in [0.1, 0.15) is 25.3 Å². The summed E-state index contributed by atoms with van der Waals surface area (Å²) in [5, 5.41) is 12.8. The average Bonchev–Trinajstić information content (AvgIpc) is 2.98. The van der Waals surface area contributed by atoms with E-state index in [2.05, 4.69) is 34.6 Å². The summed E-state index contributed by atoms with van der Waals surface area (Å²) in [4.78, 5) is 4.03. The van der Waals surface area contributed by atoms with E-state index >= 15 is 0 Å². The van der Waals surface area contributed by atoms with Crippen molar-refractivity contribution in [2.24, 2.45) is 0 Å². The summed E-state index contributed by atoms with van der Waals surface area (Å²) >= 11 is 0. The van der Waals surface area contributed by atoms with Crippen molar-refractivity contribution in [3.8, 4) is 5.69 Å². The highest BCUT2D eigenvalue weighted by Gasteiger charge is 2.00. The van der Waals surface area contributed by atoms with Crippen molar-refractivity contribution in [1.82, 2.24) is 14.9 Å². The molecule has 2 rings (SSSR count). The smallest absolute Gasteiger partial charge is 0.0991 e. The maximum absolute atomic E-state index is 9.45. The van der Waals surface area contributed by atoms with Crippen molar-refractivity contribution in [1.29, 1.82) is 0 Å². The highest BCUT2D eigenvalue weighted by molar-refractivity contribution is 5.34. The van der Waals surface area contributed by atoms with Crippen LogP contribution in [0.15, 0.2) is 43.0 Å². The minimum Gasteiger partial charge on any atom is -0.393 e. The van der Waals surface area contributed by atoms with Gasteiger partial charge in [-0.25, -0.2) is 4.98 Å². The first-order valence-corrected chi connectivity index (χ1v) is 6.75. The molecule has 2 N–H and O–H groups in total. The SMILES string of the molecule is CCC(O)CCNCc1ccc(-n2ccnc2)cc1. The summed E-state index contributed by atoms with van der Waals surface area (Å²) < 4.78 is 1.98. The standard InChI is InChI=1S/C15H21N3O/c1-2-15(19)7-8-16-11-13-3-5-14(6-4-13)18-10-9-17-12-18/h3-6,9-10,12,15-16,19H,2,7-8,11H2,1H3. The molecule has 1 heterocycles. The molecule has 0 saturated carbocycles. The monoisotopic (exact) mass is 259 g/mol. The van der Waals surface area contributed by atoms with Crippen molar-refractivity contribution in [3.05, 3.63) is 48.5 Å². The van der Waals surface area contributed by atoms with Crippen molar-refractivity contribution in [2.75, 3.05) is 6.54 Å². The lowest BCUT2D eigenvalue weighted by Crippen LogP contribution is -2.19. The van der Waals surface area contributed by atoms with Crippen molar-refractivity contribution in [2.45, 2.75) is 32.4 Å². The Bertz CT molecular complexity index is 465. The molecule has 1 aromatic heterocycles. The lowest BCUT2D eigenvalue weighted by Gasteiger charge is -2.09. The zero-order chi connectivity index (χ0) is 13.5. The van der Waals surface area contributed by atoms with Gasteiger partial charge in [0.2, 0.25) is 0 Å². The van der Waals surface area contributed by atoms with Crippen LogP contribution in [0.4, 0.5) is 0 Å². The summed E-state index contributed by atoms with van der Waals surface area (Å²) in [6, 6.07) is 8.39. The van der Waals surface area contributed by atoms with E-state index in [9.17, 15) is 5.11 Å². The normalized spacial score (nSPS) is 12.5. The van der Waals surface area contributed by atoms with Gasteiger partial charge in [0.25, 0.3) is 0 Å². The number of imidazole rings is 1. The Morgan fingerprint density at radius 1 is 1.32 bits per heavy atom. The third-order valence-corrected chi connectivity index (χ3v) is 3.19. The highest BCUT2D eigenvalue weighted by Crippen LogP contribution is 2.09. The first-order chi connectivity index (χ1) is 9.29. The van der Waals surface area contributed by atoms with Crippen LogP contribution in [0.25, 0.3) is 5.69 Å². The van der Waals surface area contributed by atoms with E-state index in [1.807, 2.05) is 17.7 Å². The summed E-state index contributed by atoms with van der Waals surface area (Å²) in [5.74, 6) is 0. The van der Waals surface area contributed by atoms with Crippen LogP contribution in [0.2, 0.25) is 0 Å². The van der Waals surface area contributed by atoms with Crippen LogP contribution in [-0.2, 0) is 6.54 Å². The number of rotatable bonds is 7. The van der Waals surface area contributed by atoms with Gasteiger partial charge in [-0.05, 0) is 37.1 Å². The number of nitrogens with one attached hydrogen (secondary N) is 1. The van der Waals surface area contributed by atoms with E-state index in [0.717, 1.165) is 31.6 Å². The molecule has 0 amide bonds. The molecule has 4 nitrogen and oxygen atoms in total. The van der Waals surface area contributed by atoms with Crippen LogP contribution < -0.4 is 5.32 Å². The molecule has 0 fully saturated rings. The van der Waals surface area contributed by atoms with Crippen LogP contribution >= 0.6 is 0 Å². The number of hydrogen-bond acceptors (Lipinski definition) is 3. The number of benzene rings is 1. The van der Waals surface area contributed by atoms with Gasteiger partial charge in [-0.1, -0.05) is 19.1 Å². The molecule has 102 valence electrons. The van der Waals surface area contributed by atoms with Crippen LogP contribution in [0.3, 0.4) is 0 Å². The Balaban J connectivity index is 1.79. The quantitative estimate of drug-likeness (QED) is 0.749. The van der Waals surface area contributed by atoms with Crippen LogP contribution in [-0.4, -0.2) is 27.3 Å². The third-order valence-electron chi connectivity index (χ3n) is 3.19. The molecular formula is C15H21N3O. The average molecular weight is 259 g/mol. The third kappa shape index (κ3) is 4.19. The molecule has 4 heteroatoms. The first kappa shape index (κ1) is 13.8. The second-order valence-corrected chi connectivity index (χ2v) is 4.66. The predicted octanol–water partition coefficient (Wildman–Crippen LogP) is 2.12. The van der Waals surface area contributed by atoms with Gasteiger partial charge in [0.1, 0.15) is 0 Å². The largest absolute Gasteiger partial charge is 0.393 e. The van der Waals surface area contributed by atoms with Gasteiger partial charge >= 0.3 is 0 Å². The van der Waals surface area contributed by atoms with E-state index in [1.54, 1.807) is 12.5 Å². The van der Waals surface area contributed by atoms with Crippen LogP contribution in [0.5, 0.6) is 0 Å². The van der Waals surface area contributed by atoms with Gasteiger partial charge in [-0.3, -0.25) is 0 Å². The van der Waals surface area contributed by atoms with Crippen molar-refractivity contribution < 1.29 is 5.11 Å². The van der Waals surface area contributed by atoms with Gasteiger partial charge in [0, 0.05) is 24.6 Å². The van der Waals surface area contributed by atoms with E-state index in [1.165, 1.54) is 5.56 Å². The molecule has 0 saturated heterocycles. The molecule has 0 aliphatic carbocycles. The minimum absolute atomic E-state index is 0.184. The lowest BCUT2D eigenvalue weighted by molar-refractivity contribution is 0.159. The van der Waals surface area contributed by atoms with E-state index in [0.29, 0.717) is 0 Å². The molecule has 0 radical (unpaired) electrons. The Kier molecular flexibility index (Phi) is 5.12. The van der Waals surface area contributed by atoms with Gasteiger partial charge < -0.3 is 15.0 Å². The Morgan fingerprint density at radius 3 is 2.74 bits per heavy atom. The maximum atomic E-state index is 9.45. The molecule has 2 aromatic rings. The van der Waals surface area contributed by atoms with Crippen molar-refractivity contribution >= 4 is 0 Å². The zero-order valence-corrected chi connectivity index (χ0v) is 11.3. The number of nitrogens with zero attached hydrogens (tertiary/aromatic N) is 2. The van der Waals surface area contributed by atoms with E-state index in [-0.39, 0.29) is 6.10 Å². The predicted molar refractivity (Wildman–Crippen MR) is 76.2 cm³/mol. The summed E-state index contributed by atoms with van der Waals surface area (Å²) in [7, 11) is 0. The molecular weight excluding hydrogens is 238 g/mol. The number of aliphatic hydroxyl groups excluding tert-OH is 1. The Labute approximate surface area is 114 Å².